The number of aromatic nitrogens is 1. The van der Waals surface area contributed by atoms with E-state index < -0.39 is 0 Å². The third kappa shape index (κ3) is 4.87. The highest BCUT2D eigenvalue weighted by molar-refractivity contribution is 5.82. The van der Waals surface area contributed by atoms with E-state index in [0.29, 0.717) is 18.8 Å². The van der Waals surface area contributed by atoms with Crippen LogP contribution >= 0.6 is 0 Å². The Hall–Kier alpha value is -1.74. The van der Waals surface area contributed by atoms with Crippen LogP contribution in [0.1, 0.15) is 48.0 Å². The predicted octanol–water partition coefficient (Wildman–Crippen LogP) is 4.22. The van der Waals surface area contributed by atoms with Gasteiger partial charge in [-0.05, 0) is 13.0 Å². The van der Waals surface area contributed by atoms with Gasteiger partial charge in [0.15, 0.2) is 0 Å². The van der Waals surface area contributed by atoms with Crippen LogP contribution in [0.3, 0.4) is 0 Å². The predicted molar refractivity (Wildman–Crippen MR) is 102 cm³/mol. The first-order valence-corrected chi connectivity index (χ1v) is 8.69. The summed E-state index contributed by atoms with van der Waals surface area (Å²) < 4.78 is 7.39. The highest BCUT2D eigenvalue weighted by Crippen LogP contribution is 2.10. The zero-order valence-corrected chi connectivity index (χ0v) is 15.8. The first-order valence-electron chi connectivity index (χ1n) is 8.69. The lowest BCUT2D eigenvalue weighted by atomic mass is 10.2. The molecule has 3 heteroatoms. The minimum absolute atomic E-state index is 0.445. The largest absolute Gasteiger partial charge is 0.512 e. The van der Waals surface area contributed by atoms with Gasteiger partial charge in [-0.25, -0.2) is 0 Å². The fourth-order valence-electron chi connectivity index (χ4n) is 2.53. The van der Waals surface area contributed by atoms with Crippen molar-refractivity contribution in [3.8, 4) is 0 Å². The van der Waals surface area contributed by atoms with Gasteiger partial charge in [0.25, 0.3) is 0 Å². The molecule has 0 aliphatic rings. The van der Waals surface area contributed by atoms with E-state index >= 15 is 0 Å². The van der Waals surface area contributed by atoms with Crippen molar-refractivity contribution in [1.82, 2.24) is 4.57 Å². The van der Waals surface area contributed by atoms with Crippen LogP contribution in [0.15, 0.2) is 24.3 Å². The average Bonchev–Trinajstić information content (AvgIpc) is 2.96. The van der Waals surface area contributed by atoms with Crippen LogP contribution in [0, 0.1) is 0 Å². The lowest BCUT2D eigenvalue weighted by Gasteiger charge is -2.04. The highest BCUT2D eigenvalue weighted by atomic mass is 16.5. The Morgan fingerprint density at radius 1 is 1.17 bits per heavy atom. The van der Waals surface area contributed by atoms with Crippen LogP contribution in [-0.2, 0) is 11.3 Å². The van der Waals surface area contributed by atoms with Gasteiger partial charge < -0.3 is 14.4 Å². The van der Waals surface area contributed by atoms with E-state index in [2.05, 4.69) is 22.8 Å². The standard InChI is InChI=1S/C16H21NO2.2C2H6/c1-4-13-16(15(18)5-2)12-8-6-7-9-14(12)17(13)10-11-19-3;2*1-2/h4,6-9,18H,5,10-11H2,1-3H3;2*1-2H3/b13-4+,16-15+;;. The molecule has 0 saturated heterocycles. The third-order valence-corrected chi connectivity index (χ3v) is 3.43. The summed E-state index contributed by atoms with van der Waals surface area (Å²) in [6, 6.07) is 8.18. The van der Waals surface area contributed by atoms with Crippen LogP contribution in [-0.4, -0.2) is 23.4 Å². The van der Waals surface area contributed by atoms with Crippen LogP contribution in [0.5, 0.6) is 0 Å². The number of benzene rings is 1. The molecule has 0 amide bonds. The summed E-state index contributed by atoms with van der Waals surface area (Å²) in [6.07, 6.45) is 2.69. The SMILES string of the molecule is C/C=c1\c(=C(\O)CC)c2ccccc2n1CCOC.CC.CC. The number of hydrogen-bond acceptors (Lipinski definition) is 2. The van der Waals surface area contributed by atoms with Crippen LogP contribution < -0.4 is 10.6 Å². The molecule has 0 unspecified atom stereocenters. The molecule has 2 rings (SSSR count). The number of fused-ring (bicyclic) bond motifs is 1. The molecule has 1 aromatic heterocycles. The van der Waals surface area contributed by atoms with Crippen molar-refractivity contribution in [1.29, 1.82) is 0 Å². The number of aliphatic hydroxyl groups excluding tert-OH is 1. The molecule has 0 fully saturated rings. The Labute approximate surface area is 140 Å². The molecule has 3 nitrogen and oxygen atoms in total. The smallest absolute Gasteiger partial charge is 0.102 e. The first-order chi connectivity index (χ1) is 11.2. The van der Waals surface area contributed by atoms with Crippen LogP contribution in [0.25, 0.3) is 22.7 Å². The number of ether oxygens (including phenoxy) is 1. The minimum Gasteiger partial charge on any atom is -0.512 e. The maximum Gasteiger partial charge on any atom is 0.102 e. The maximum atomic E-state index is 10.2. The van der Waals surface area contributed by atoms with Gasteiger partial charge in [-0.2, -0.15) is 0 Å². The Bertz CT molecular complexity index is 683. The van der Waals surface area contributed by atoms with E-state index in [1.165, 1.54) is 0 Å². The second-order valence-corrected chi connectivity index (χ2v) is 4.51. The molecule has 1 N–H and O–H groups in total. The van der Waals surface area contributed by atoms with E-state index in [1.807, 2.05) is 53.7 Å². The third-order valence-electron chi connectivity index (χ3n) is 3.43. The minimum atomic E-state index is 0.445. The van der Waals surface area contributed by atoms with Crippen molar-refractivity contribution in [2.24, 2.45) is 0 Å². The maximum absolute atomic E-state index is 10.2. The Balaban J connectivity index is 0.00000112. The van der Waals surface area contributed by atoms with Crippen molar-refractivity contribution < 1.29 is 9.84 Å². The summed E-state index contributed by atoms with van der Waals surface area (Å²) in [5.74, 6) is 0.445. The number of hydrogen-bond donors (Lipinski definition) is 1. The van der Waals surface area contributed by atoms with Crippen molar-refractivity contribution in [2.45, 2.75) is 54.5 Å². The molecule has 0 saturated carbocycles. The molecule has 0 atom stereocenters. The molecule has 0 aliphatic heterocycles. The molecule has 0 radical (unpaired) electrons. The van der Waals surface area contributed by atoms with E-state index in [1.54, 1.807) is 7.11 Å². The van der Waals surface area contributed by atoms with Crippen molar-refractivity contribution in [2.75, 3.05) is 13.7 Å². The lowest BCUT2D eigenvalue weighted by molar-refractivity contribution is 0.187. The molecule has 1 heterocycles. The number of methoxy groups -OCH3 is 1. The summed E-state index contributed by atoms with van der Waals surface area (Å²) in [6.45, 7) is 13.4. The van der Waals surface area contributed by atoms with Gasteiger partial charge in [0.2, 0.25) is 0 Å². The summed E-state index contributed by atoms with van der Waals surface area (Å²) in [7, 11) is 1.71. The van der Waals surface area contributed by atoms with Crippen molar-refractivity contribution in [3.05, 3.63) is 34.8 Å². The first kappa shape index (κ1) is 21.3. The van der Waals surface area contributed by atoms with Gasteiger partial charge in [0.05, 0.1) is 6.61 Å². The molecular formula is C20H33NO2. The summed E-state index contributed by atoms with van der Waals surface area (Å²) in [5.41, 5.74) is 1.14. The highest BCUT2D eigenvalue weighted by Gasteiger charge is 2.09. The van der Waals surface area contributed by atoms with E-state index in [4.69, 9.17) is 4.74 Å². The lowest BCUT2D eigenvalue weighted by Crippen LogP contribution is -2.31. The van der Waals surface area contributed by atoms with Gasteiger partial charge in [-0.1, -0.05) is 58.9 Å². The number of rotatable bonds is 4. The second-order valence-electron chi connectivity index (χ2n) is 4.51. The van der Waals surface area contributed by atoms with E-state index in [9.17, 15) is 5.11 Å². The van der Waals surface area contributed by atoms with Crippen LogP contribution in [0.4, 0.5) is 0 Å². The molecule has 130 valence electrons. The zero-order valence-electron chi connectivity index (χ0n) is 15.8. The summed E-state index contributed by atoms with van der Waals surface area (Å²) in [5, 5.41) is 13.4. The second kappa shape index (κ2) is 11.8. The van der Waals surface area contributed by atoms with Crippen molar-refractivity contribution >= 4 is 22.7 Å². The molecular weight excluding hydrogens is 286 g/mol. The number of nitrogens with zero attached hydrogens (tertiary/aromatic N) is 1. The Kier molecular flexibility index (Phi) is 10.9. The molecule has 0 bridgehead atoms. The van der Waals surface area contributed by atoms with Gasteiger partial charge in [-0.15, -0.1) is 0 Å². The van der Waals surface area contributed by atoms with Gasteiger partial charge in [-0.3, -0.25) is 0 Å². The molecule has 1 aromatic carbocycles. The molecule has 23 heavy (non-hydrogen) atoms. The topological polar surface area (TPSA) is 34.4 Å². The Morgan fingerprint density at radius 2 is 1.78 bits per heavy atom. The quantitative estimate of drug-likeness (QED) is 0.915. The van der Waals surface area contributed by atoms with Gasteiger partial charge in [0, 0.05) is 41.5 Å². The molecule has 0 aliphatic carbocycles. The Morgan fingerprint density at radius 3 is 2.30 bits per heavy atom. The summed E-state index contributed by atoms with van der Waals surface area (Å²) >= 11 is 0. The average molecular weight is 319 g/mol. The number of aliphatic hydroxyl groups is 1. The normalized spacial score (nSPS) is 12.2. The fourth-order valence-corrected chi connectivity index (χ4v) is 2.53. The van der Waals surface area contributed by atoms with E-state index in [0.717, 1.165) is 28.0 Å². The monoisotopic (exact) mass is 319 g/mol. The van der Waals surface area contributed by atoms with E-state index in [-0.39, 0.29) is 0 Å². The molecule has 0 spiro atoms. The number of para-hydroxylation sites is 1. The zero-order chi connectivity index (χ0) is 17.8. The summed E-state index contributed by atoms with van der Waals surface area (Å²) in [4.78, 5) is 0. The molecule has 2 aromatic rings. The van der Waals surface area contributed by atoms with Crippen LogP contribution in [0.2, 0.25) is 0 Å². The fraction of sp³-hybridized carbons (Fsp3) is 0.500. The van der Waals surface area contributed by atoms with Gasteiger partial charge >= 0.3 is 0 Å². The van der Waals surface area contributed by atoms with Crippen molar-refractivity contribution in [3.63, 3.8) is 0 Å². The van der Waals surface area contributed by atoms with Gasteiger partial charge in [0.1, 0.15) is 5.76 Å².